The third-order valence-corrected chi connectivity index (χ3v) is 9.91. The lowest BCUT2D eigenvalue weighted by atomic mass is 9.69. The first kappa shape index (κ1) is 34.8. The molecule has 5 atom stereocenters. The molecule has 1 saturated heterocycles. The number of rotatable bonds is 20. The zero-order valence-corrected chi connectivity index (χ0v) is 27.3. The molecule has 0 bridgehead atoms. The molecule has 40 heavy (non-hydrogen) atoms. The van der Waals surface area contributed by atoms with Crippen LogP contribution in [-0.2, 0) is 14.4 Å². The van der Waals surface area contributed by atoms with Gasteiger partial charge in [-0.15, -0.1) is 0 Å². The van der Waals surface area contributed by atoms with Gasteiger partial charge in [0.2, 0.25) is 0 Å². The molecule has 0 amide bonds. The third kappa shape index (κ3) is 10.5. The van der Waals surface area contributed by atoms with E-state index in [9.17, 15) is 4.79 Å². The number of hydroxylamine groups is 2. The zero-order chi connectivity index (χ0) is 29.4. The van der Waals surface area contributed by atoms with Crippen molar-refractivity contribution < 1.29 is 14.4 Å². The molecule has 0 radical (unpaired) electrons. The molecule has 230 valence electrons. The molecular weight excluding hydrogens is 494 g/mol. The molecule has 0 aliphatic carbocycles. The van der Waals surface area contributed by atoms with Crippen LogP contribution in [0.5, 0.6) is 0 Å². The van der Waals surface area contributed by atoms with Crippen LogP contribution in [0.2, 0.25) is 0 Å². The number of ether oxygens (including phenoxy) is 1. The quantitative estimate of drug-likeness (QED) is 0.118. The maximum Gasteiger partial charge on any atom is 0.306 e. The summed E-state index contributed by atoms with van der Waals surface area (Å²) in [5.74, 6) is 0.152. The van der Waals surface area contributed by atoms with Crippen LogP contribution in [0.25, 0.3) is 0 Å². The van der Waals surface area contributed by atoms with E-state index in [1.165, 1.54) is 76.2 Å². The SMILES string of the molecule is CCCCCCCCCCCCCCCC(=O)OC1CC(C)(CC)N(OC(C)c2ccccc2)C(C)(CC)C1C. The fourth-order valence-electron chi connectivity index (χ4n) is 6.50. The van der Waals surface area contributed by atoms with Gasteiger partial charge < -0.3 is 4.74 Å². The molecule has 4 heteroatoms. The highest BCUT2D eigenvalue weighted by Gasteiger charge is 2.55. The first-order valence-electron chi connectivity index (χ1n) is 16.9. The number of carbonyl (C=O) groups is 1. The molecule has 1 fully saturated rings. The number of unbranched alkanes of at least 4 members (excludes halogenated alkanes) is 12. The second-order valence-electron chi connectivity index (χ2n) is 13.0. The van der Waals surface area contributed by atoms with Crippen LogP contribution < -0.4 is 0 Å². The van der Waals surface area contributed by atoms with E-state index in [1.54, 1.807) is 0 Å². The van der Waals surface area contributed by atoms with Gasteiger partial charge in [0.05, 0.1) is 0 Å². The van der Waals surface area contributed by atoms with Crippen molar-refractivity contribution in [3.05, 3.63) is 35.9 Å². The Labute approximate surface area is 247 Å². The fraction of sp³-hybridized carbons (Fsp3) is 0.806. The van der Waals surface area contributed by atoms with Gasteiger partial charge in [-0.3, -0.25) is 9.63 Å². The molecule has 4 nitrogen and oxygen atoms in total. The van der Waals surface area contributed by atoms with E-state index in [2.05, 4.69) is 77.8 Å². The Morgan fingerprint density at radius 1 is 0.850 bits per heavy atom. The second-order valence-corrected chi connectivity index (χ2v) is 13.0. The molecule has 1 aromatic carbocycles. The fourth-order valence-corrected chi connectivity index (χ4v) is 6.50. The maximum absolute atomic E-state index is 12.9. The summed E-state index contributed by atoms with van der Waals surface area (Å²) in [5.41, 5.74) is 0.742. The summed E-state index contributed by atoms with van der Waals surface area (Å²) in [4.78, 5) is 19.7. The summed E-state index contributed by atoms with van der Waals surface area (Å²) in [7, 11) is 0. The molecule has 1 aliphatic heterocycles. The number of piperidine rings is 1. The minimum Gasteiger partial charge on any atom is -0.462 e. The van der Waals surface area contributed by atoms with Crippen molar-refractivity contribution in [2.24, 2.45) is 5.92 Å². The normalized spacial score (nSPS) is 26.1. The number of esters is 1. The lowest BCUT2D eigenvalue weighted by molar-refractivity contribution is -0.336. The van der Waals surface area contributed by atoms with E-state index >= 15 is 0 Å². The van der Waals surface area contributed by atoms with Crippen LogP contribution in [0.3, 0.4) is 0 Å². The highest BCUT2D eigenvalue weighted by atomic mass is 16.7. The Balaban J connectivity index is 1.78. The van der Waals surface area contributed by atoms with E-state index < -0.39 is 0 Å². The Morgan fingerprint density at radius 3 is 1.88 bits per heavy atom. The van der Waals surface area contributed by atoms with Crippen LogP contribution in [0.4, 0.5) is 0 Å². The van der Waals surface area contributed by atoms with E-state index in [0.29, 0.717) is 6.42 Å². The highest BCUT2D eigenvalue weighted by molar-refractivity contribution is 5.69. The van der Waals surface area contributed by atoms with Crippen LogP contribution in [-0.4, -0.2) is 28.2 Å². The Kier molecular flexibility index (Phi) is 15.8. The Morgan fingerprint density at radius 2 is 1.38 bits per heavy atom. The van der Waals surface area contributed by atoms with Crippen molar-refractivity contribution in [3.63, 3.8) is 0 Å². The second kappa shape index (κ2) is 18.2. The summed E-state index contributed by atoms with van der Waals surface area (Å²) in [5, 5.41) is 2.28. The van der Waals surface area contributed by atoms with Crippen molar-refractivity contribution in [2.75, 3.05) is 0 Å². The average molecular weight is 558 g/mol. The first-order chi connectivity index (χ1) is 19.2. The molecule has 0 spiro atoms. The van der Waals surface area contributed by atoms with Gasteiger partial charge in [0.1, 0.15) is 12.2 Å². The summed E-state index contributed by atoms with van der Waals surface area (Å²) in [6, 6.07) is 10.4. The monoisotopic (exact) mass is 557 g/mol. The molecule has 5 unspecified atom stereocenters. The molecule has 2 rings (SSSR count). The number of hydrogen-bond donors (Lipinski definition) is 0. The van der Waals surface area contributed by atoms with Crippen molar-refractivity contribution in [1.29, 1.82) is 0 Å². The predicted molar refractivity (Wildman–Crippen MR) is 169 cm³/mol. The number of hydrogen-bond acceptors (Lipinski definition) is 4. The van der Waals surface area contributed by atoms with Crippen LogP contribution in [0.1, 0.15) is 169 Å². The van der Waals surface area contributed by atoms with E-state index in [0.717, 1.165) is 32.1 Å². The first-order valence-corrected chi connectivity index (χ1v) is 16.9. The van der Waals surface area contributed by atoms with Gasteiger partial charge in [0, 0.05) is 29.8 Å². The van der Waals surface area contributed by atoms with Crippen molar-refractivity contribution in [2.45, 2.75) is 181 Å². The van der Waals surface area contributed by atoms with Crippen molar-refractivity contribution in [1.82, 2.24) is 5.06 Å². The van der Waals surface area contributed by atoms with Crippen LogP contribution in [0, 0.1) is 5.92 Å². The summed E-state index contributed by atoms with van der Waals surface area (Å²) in [6.07, 6.45) is 20.1. The van der Waals surface area contributed by atoms with Gasteiger partial charge >= 0.3 is 5.97 Å². The highest BCUT2D eigenvalue weighted by Crippen LogP contribution is 2.48. The van der Waals surface area contributed by atoms with Gasteiger partial charge in [-0.2, -0.15) is 5.06 Å². The molecule has 1 heterocycles. The number of benzene rings is 1. The summed E-state index contributed by atoms with van der Waals surface area (Å²) < 4.78 is 6.22. The summed E-state index contributed by atoms with van der Waals surface area (Å²) in [6.45, 7) is 15.7. The van der Waals surface area contributed by atoms with Crippen molar-refractivity contribution in [3.8, 4) is 0 Å². The maximum atomic E-state index is 12.9. The molecular formula is C36H63NO3. The lowest BCUT2D eigenvalue weighted by Gasteiger charge is -2.59. The lowest BCUT2D eigenvalue weighted by Crippen LogP contribution is -2.68. The molecule has 0 saturated carbocycles. The number of carbonyl (C=O) groups excluding carboxylic acids is 1. The van der Waals surface area contributed by atoms with Crippen LogP contribution in [0.15, 0.2) is 30.3 Å². The number of nitrogens with zero attached hydrogens (tertiary/aromatic N) is 1. The summed E-state index contributed by atoms with van der Waals surface area (Å²) >= 11 is 0. The van der Waals surface area contributed by atoms with Gasteiger partial charge in [-0.05, 0) is 45.6 Å². The van der Waals surface area contributed by atoms with Gasteiger partial charge in [-0.25, -0.2) is 0 Å². The Bertz CT molecular complexity index is 814. The minimum absolute atomic E-state index is 0.0242. The Hall–Kier alpha value is -1.39. The van der Waals surface area contributed by atoms with Gasteiger partial charge in [0.15, 0.2) is 0 Å². The van der Waals surface area contributed by atoms with Gasteiger partial charge in [-0.1, -0.05) is 135 Å². The van der Waals surface area contributed by atoms with E-state index in [1.807, 2.05) is 6.07 Å². The zero-order valence-electron chi connectivity index (χ0n) is 27.3. The van der Waals surface area contributed by atoms with Crippen LogP contribution >= 0.6 is 0 Å². The standard InChI is InChI=1S/C36H63NO3/c1-8-11-12-13-14-15-16-17-18-19-20-21-25-28-34(38)39-33-29-35(6,9-2)37(36(7,10-3)30(33)4)40-31(5)32-26-23-22-24-27-32/h22-24,26-27,30-31,33H,8-21,25,28-29H2,1-7H3. The topological polar surface area (TPSA) is 38.8 Å². The predicted octanol–water partition coefficient (Wildman–Crippen LogP) is 10.8. The molecule has 0 N–H and O–H groups in total. The van der Waals surface area contributed by atoms with E-state index in [-0.39, 0.29) is 35.2 Å². The molecule has 0 aromatic heterocycles. The van der Waals surface area contributed by atoms with E-state index in [4.69, 9.17) is 9.57 Å². The minimum atomic E-state index is -0.230. The average Bonchev–Trinajstić information content (AvgIpc) is 2.96. The smallest absolute Gasteiger partial charge is 0.306 e. The molecule has 1 aliphatic rings. The largest absolute Gasteiger partial charge is 0.462 e. The third-order valence-electron chi connectivity index (χ3n) is 9.91. The van der Waals surface area contributed by atoms with Crippen molar-refractivity contribution >= 4 is 5.97 Å². The van der Waals surface area contributed by atoms with Gasteiger partial charge in [0.25, 0.3) is 0 Å². The molecule has 1 aromatic rings.